The minimum Gasteiger partial charge on any atom is -0.443 e. The van der Waals surface area contributed by atoms with E-state index in [1.165, 1.54) is 25.9 Å². The van der Waals surface area contributed by atoms with Crippen molar-refractivity contribution in [3.05, 3.63) is 24.3 Å². The van der Waals surface area contributed by atoms with Crippen molar-refractivity contribution in [2.75, 3.05) is 26.2 Å². The summed E-state index contributed by atoms with van der Waals surface area (Å²) >= 11 is 0. The lowest BCUT2D eigenvalue weighted by molar-refractivity contribution is 0.0351. The zero-order chi connectivity index (χ0) is 18.7. The van der Waals surface area contributed by atoms with Gasteiger partial charge in [0.25, 0.3) is 0 Å². The minimum atomic E-state index is -2.30. The molecular weight excluding hydrogens is 372 g/mol. The van der Waals surface area contributed by atoms with Gasteiger partial charge in [0.05, 0.1) is 4.90 Å². The highest BCUT2D eigenvalue weighted by Crippen LogP contribution is 2.26. The zero-order valence-electron chi connectivity index (χ0n) is 15.3. The normalized spacial score (nSPS) is 27.0. The first-order chi connectivity index (χ1) is 12.3. The summed E-state index contributed by atoms with van der Waals surface area (Å²) in [5.41, 5.74) is 2.87. The molecule has 2 aliphatic rings. The molecule has 0 saturated carbocycles. The van der Waals surface area contributed by atoms with Crippen LogP contribution >= 0.6 is 9.24 Å². The van der Waals surface area contributed by atoms with Crippen LogP contribution < -0.4 is 10.5 Å². The van der Waals surface area contributed by atoms with Crippen molar-refractivity contribution >= 4 is 20.2 Å². The van der Waals surface area contributed by atoms with Crippen molar-refractivity contribution in [3.63, 3.8) is 0 Å². The highest BCUT2D eigenvalue weighted by molar-refractivity contribution is 7.82. The molecule has 26 heavy (non-hydrogen) atoms. The fourth-order valence-electron chi connectivity index (χ4n) is 3.88. The van der Waals surface area contributed by atoms with Crippen molar-refractivity contribution in [2.45, 2.75) is 49.3 Å². The van der Waals surface area contributed by atoms with E-state index in [0.717, 1.165) is 31.8 Å². The molecule has 0 aromatic heterocycles. The molecule has 4 unspecified atom stereocenters. The van der Waals surface area contributed by atoms with Gasteiger partial charge >= 0.3 is 5.72 Å². The number of hydrogen-bond donors (Lipinski definition) is 1. The van der Waals surface area contributed by atoms with Crippen LogP contribution in [0.1, 0.15) is 32.6 Å². The van der Waals surface area contributed by atoms with E-state index in [2.05, 4.69) is 11.8 Å². The number of nitrogens with two attached hydrogens (primary N) is 1. The van der Waals surface area contributed by atoms with Crippen LogP contribution in [0, 0.1) is 5.92 Å². The summed E-state index contributed by atoms with van der Waals surface area (Å²) in [7, 11) is 0.586. The van der Waals surface area contributed by atoms with Crippen LogP contribution in [0.2, 0.25) is 0 Å². The summed E-state index contributed by atoms with van der Waals surface area (Å²) < 4.78 is 33.0. The van der Waals surface area contributed by atoms with Crippen molar-refractivity contribution in [3.8, 4) is 5.75 Å². The van der Waals surface area contributed by atoms with Gasteiger partial charge in [0.2, 0.25) is 0 Å². The molecule has 0 amide bonds. The molecule has 5 nitrogen and oxygen atoms in total. The predicted octanol–water partition coefficient (Wildman–Crippen LogP) is 2.70. The number of piperidine rings is 2. The maximum absolute atomic E-state index is 13.3. The predicted molar refractivity (Wildman–Crippen MR) is 106 cm³/mol. The number of hydrogen-bond acceptors (Lipinski definition) is 4. The van der Waals surface area contributed by atoms with E-state index >= 15 is 0 Å². The SMILES string of the molecule is CC1CCCN(C2CCN(S(=O)c3ccc(OC(N)(F)P)cc3)CC2)C1. The van der Waals surface area contributed by atoms with E-state index in [9.17, 15) is 8.60 Å². The molecule has 2 saturated heterocycles. The van der Waals surface area contributed by atoms with Gasteiger partial charge in [-0.1, -0.05) is 6.92 Å². The van der Waals surface area contributed by atoms with Crippen LogP contribution in [0.25, 0.3) is 0 Å². The summed E-state index contributed by atoms with van der Waals surface area (Å²) in [5.74, 6) is 1.10. The van der Waals surface area contributed by atoms with Gasteiger partial charge < -0.3 is 9.64 Å². The Labute approximate surface area is 160 Å². The van der Waals surface area contributed by atoms with Gasteiger partial charge in [0.15, 0.2) is 0 Å². The first-order valence-corrected chi connectivity index (χ1v) is 11.0. The average molecular weight is 401 g/mol. The molecule has 3 rings (SSSR count). The zero-order valence-corrected chi connectivity index (χ0v) is 17.2. The van der Waals surface area contributed by atoms with Crippen LogP contribution in [0.4, 0.5) is 4.39 Å². The maximum Gasteiger partial charge on any atom is 0.316 e. The monoisotopic (exact) mass is 401 g/mol. The highest BCUT2D eigenvalue weighted by Gasteiger charge is 2.29. The van der Waals surface area contributed by atoms with E-state index in [1.807, 2.05) is 4.31 Å². The molecule has 8 heteroatoms. The standard InChI is InChI=1S/C18H29FN3O2PS/c1-14-3-2-10-21(13-14)15-8-11-22(12-9-15)26(23)17-6-4-16(5-7-17)24-18(19,20)25/h4-7,14-15H,2-3,8-13,20,25H2,1H3. The van der Waals surface area contributed by atoms with E-state index in [4.69, 9.17) is 10.5 Å². The summed E-state index contributed by atoms with van der Waals surface area (Å²) in [6.07, 6.45) is 4.75. The molecule has 0 spiro atoms. The van der Waals surface area contributed by atoms with Gasteiger partial charge in [-0.2, -0.15) is 4.39 Å². The fraction of sp³-hybridized carbons (Fsp3) is 0.667. The smallest absolute Gasteiger partial charge is 0.316 e. The van der Waals surface area contributed by atoms with Gasteiger partial charge in [0.1, 0.15) is 16.7 Å². The molecule has 2 N–H and O–H groups in total. The topological polar surface area (TPSA) is 58.8 Å². The Bertz CT molecular complexity index is 618. The van der Waals surface area contributed by atoms with Crippen molar-refractivity contribution in [2.24, 2.45) is 11.7 Å². The first-order valence-electron chi connectivity index (χ1n) is 9.28. The molecule has 2 heterocycles. The van der Waals surface area contributed by atoms with Crippen molar-refractivity contribution in [1.82, 2.24) is 9.21 Å². The molecule has 0 bridgehead atoms. The number of halogens is 1. The second kappa shape index (κ2) is 8.61. The first kappa shape index (κ1) is 20.2. The van der Waals surface area contributed by atoms with Gasteiger partial charge in [-0.15, -0.1) is 0 Å². The Morgan fingerprint density at radius 2 is 1.88 bits per heavy atom. The maximum atomic E-state index is 13.3. The lowest BCUT2D eigenvalue weighted by Crippen LogP contribution is -2.48. The van der Waals surface area contributed by atoms with E-state index < -0.39 is 16.7 Å². The lowest BCUT2D eigenvalue weighted by atomic mass is 9.96. The van der Waals surface area contributed by atoms with Gasteiger partial charge in [0, 0.05) is 25.7 Å². The molecule has 1 aromatic rings. The van der Waals surface area contributed by atoms with Gasteiger partial charge in [-0.25, -0.2) is 8.51 Å². The lowest BCUT2D eigenvalue weighted by Gasteiger charge is -2.41. The number of likely N-dealkylation sites (tertiary alicyclic amines) is 1. The van der Waals surface area contributed by atoms with E-state index in [0.29, 0.717) is 16.7 Å². The van der Waals surface area contributed by atoms with Crippen molar-refractivity contribution in [1.29, 1.82) is 0 Å². The quantitative estimate of drug-likeness (QED) is 0.468. The Kier molecular flexibility index (Phi) is 6.68. The minimum absolute atomic E-state index is 0.309. The van der Waals surface area contributed by atoms with Gasteiger partial charge in [-0.3, -0.25) is 5.73 Å². The van der Waals surface area contributed by atoms with Crippen LogP contribution in [0.15, 0.2) is 29.2 Å². The Balaban J connectivity index is 1.53. The van der Waals surface area contributed by atoms with Gasteiger partial charge in [-0.05, 0) is 71.7 Å². The summed E-state index contributed by atoms with van der Waals surface area (Å²) in [6, 6.07) is 7.23. The van der Waals surface area contributed by atoms with Crippen LogP contribution in [-0.4, -0.2) is 51.4 Å². The summed E-state index contributed by atoms with van der Waals surface area (Å²) in [6.45, 7) is 6.40. The largest absolute Gasteiger partial charge is 0.443 e. The highest BCUT2D eigenvalue weighted by atomic mass is 32.2. The number of alkyl halides is 1. The Morgan fingerprint density at radius 3 is 2.46 bits per heavy atom. The molecule has 2 fully saturated rings. The molecule has 0 radical (unpaired) electrons. The summed E-state index contributed by atoms with van der Waals surface area (Å²) in [5, 5.41) is 0. The second-order valence-electron chi connectivity index (χ2n) is 7.42. The number of ether oxygens (including phenoxy) is 1. The number of rotatable bonds is 5. The third-order valence-corrected chi connectivity index (χ3v) is 6.79. The van der Waals surface area contributed by atoms with Crippen LogP contribution in [-0.2, 0) is 11.0 Å². The van der Waals surface area contributed by atoms with Crippen molar-refractivity contribution < 1.29 is 13.3 Å². The Morgan fingerprint density at radius 1 is 1.23 bits per heavy atom. The van der Waals surface area contributed by atoms with E-state index in [1.54, 1.807) is 33.5 Å². The molecule has 0 aliphatic carbocycles. The number of benzene rings is 1. The molecule has 2 aliphatic heterocycles. The average Bonchev–Trinajstić information content (AvgIpc) is 2.61. The van der Waals surface area contributed by atoms with Crippen LogP contribution in [0.3, 0.4) is 0 Å². The molecule has 1 aromatic carbocycles. The molecule has 146 valence electrons. The Hall–Kier alpha value is -0.590. The van der Waals surface area contributed by atoms with E-state index in [-0.39, 0.29) is 0 Å². The third kappa shape index (κ3) is 5.46. The second-order valence-corrected chi connectivity index (χ2v) is 9.70. The number of nitrogens with zero attached hydrogens (tertiary/aromatic N) is 2. The molecule has 4 atom stereocenters. The third-order valence-electron chi connectivity index (χ3n) is 5.16. The fourth-order valence-corrected chi connectivity index (χ4v) is 5.23. The molecular formula is C18H29FN3O2PS. The summed E-state index contributed by atoms with van der Waals surface area (Å²) in [4.78, 5) is 3.33. The van der Waals surface area contributed by atoms with Crippen LogP contribution in [0.5, 0.6) is 5.75 Å².